The summed E-state index contributed by atoms with van der Waals surface area (Å²) in [5, 5.41) is 3.98. The van der Waals surface area contributed by atoms with Crippen molar-refractivity contribution in [2.75, 3.05) is 5.32 Å². The molecule has 1 atom stereocenters. The molecule has 0 radical (unpaired) electrons. The van der Waals surface area contributed by atoms with Crippen molar-refractivity contribution in [1.82, 2.24) is 4.98 Å². The summed E-state index contributed by atoms with van der Waals surface area (Å²) in [5.74, 6) is 0.530. The lowest BCUT2D eigenvalue weighted by Crippen LogP contribution is -2.30. The Morgan fingerprint density at radius 3 is 2.74 bits per heavy atom. The first-order valence-corrected chi connectivity index (χ1v) is 7.65. The average molecular weight is 308 g/mol. The van der Waals surface area contributed by atoms with E-state index in [1.807, 2.05) is 56.3 Å². The summed E-state index contributed by atoms with van der Waals surface area (Å²) in [5.41, 5.74) is 4.02. The third-order valence-electron chi connectivity index (χ3n) is 3.69. The number of rotatable bonds is 4. The molecule has 3 rings (SSSR count). The molecule has 2 N–H and O–H groups in total. The van der Waals surface area contributed by atoms with E-state index < -0.39 is 6.10 Å². The van der Waals surface area contributed by atoms with Crippen molar-refractivity contribution in [2.45, 2.75) is 26.9 Å². The van der Waals surface area contributed by atoms with Gasteiger partial charge in [0, 0.05) is 22.3 Å². The molecule has 1 amide bonds. The summed E-state index contributed by atoms with van der Waals surface area (Å²) in [7, 11) is 0. The maximum absolute atomic E-state index is 12.3. The molecule has 0 aliphatic rings. The molecule has 0 bridgehead atoms. The molecule has 4 heteroatoms. The number of nitrogens with one attached hydrogen (secondary N) is 2. The monoisotopic (exact) mass is 308 g/mol. The Morgan fingerprint density at radius 2 is 1.96 bits per heavy atom. The molecular formula is C19H20N2O2. The van der Waals surface area contributed by atoms with Crippen LogP contribution in [0.25, 0.3) is 10.9 Å². The molecule has 0 spiro atoms. The standard InChI is InChI=1S/C19H20N2O2/c1-12-5-4-6-17(9-12)23-14(3)19(22)21-16-7-8-18-15(11-16)10-13(2)20-18/h4-11,14,20H,1-3H3,(H,21,22). The topological polar surface area (TPSA) is 54.1 Å². The number of aromatic nitrogens is 1. The number of carbonyl (C=O) groups excluding carboxylic acids is 1. The van der Waals surface area contributed by atoms with E-state index in [0.717, 1.165) is 27.8 Å². The van der Waals surface area contributed by atoms with Crippen LogP contribution in [0.5, 0.6) is 5.75 Å². The lowest BCUT2D eigenvalue weighted by atomic mass is 10.2. The van der Waals surface area contributed by atoms with Crippen molar-refractivity contribution < 1.29 is 9.53 Å². The van der Waals surface area contributed by atoms with Gasteiger partial charge in [-0.05, 0) is 62.7 Å². The van der Waals surface area contributed by atoms with E-state index in [0.29, 0.717) is 5.75 Å². The Labute approximate surface area is 135 Å². The quantitative estimate of drug-likeness (QED) is 0.759. The van der Waals surface area contributed by atoms with Gasteiger partial charge in [0.2, 0.25) is 0 Å². The molecule has 1 aromatic heterocycles. The molecule has 118 valence electrons. The highest BCUT2D eigenvalue weighted by Crippen LogP contribution is 2.20. The molecule has 0 aliphatic carbocycles. The van der Waals surface area contributed by atoms with Gasteiger partial charge in [0.1, 0.15) is 5.75 Å². The van der Waals surface area contributed by atoms with E-state index in [-0.39, 0.29) is 5.91 Å². The van der Waals surface area contributed by atoms with Crippen LogP contribution in [0, 0.1) is 13.8 Å². The van der Waals surface area contributed by atoms with Crippen LogP contribution in [-0.4, -0.2) is 17.0 Å². The molecule has 1 heterocycles. The molecule has 0 saturated carbocycles. The molecule has 3 aromatic rings. The van der Waals surface area contributed by atoms with Crippen LogP contribution in [0.15, 0.2) is 48.5 Å². The van der Waals surface area contributed by atoms with Gasteiger partial charge >= 0.3 is 0 Å². The summed E-state index contributed by atoms with van der Waals surface area (Å²) in [6.45, 7) is 5.75. The first kappa shape index (κ1) is 15.2. The van der Waals surface area contributed by atoms with Crippen LogP contribution in [0.3, 0.4) is 0 Å². The van der Waals surface area contributed by atoms with Gasteiger partial charge in [-0.15, -0.1) is 0 Å². The average Bonchev–Trinajstić information content (AvgIpc) is 2.86. The number of hydrogen-bond donors (Lipinski definition) is 2. The van der Waals surface area contributed by atoms with Gasteiger partial charge in [-0.3, -0.25) is 4.79 Å². The fourth-order valence-corrected chi connectivity index (χ4v) is 2.55. The number of anilines is 1. The minimum absolute atomic E-state index is 0.168. The third-order valence-corrected chi connectivity index (χ3v) is 3.69. The third kappa shape index (κ3) is 3.54. The minimum atomic E-state index is -0.569. The van der Waals surface area contributed by atoms with Crippen LogP contribution in [-0.2, 0) is 4.79 Å². The molecule has 0 saturated heterocycles. The lowest BCUT2D eigenvalue weighted by Gasteiger charge is -2.15. The summed E-state index contributed by atoms with van der Waals surface area (Å²) in [6, 6.07) is 15.5. The molecule has 0 fully saturated rings. The number of H-pyrrole nitrogens is 1. The maximum atomic E-state index is 12.3. The summed E-state index contributed by atoms with van der Waals surface area (Å²) in [6.07, 6.45) is -0.569. The van der Waals surface area contributed by atoms with Gasteiger partial charge in [-0.25, -0.2) is 0 Å². The lowest BCUT2D eigenvalue weighted by molar-refractivity contribution is -0.122. The highest BCUT2D eigenvalue weighted by molar-refractivity contribution is 5.96. The molecule has 2 aromatic carbocycles. The van der Waals surface area contributed by atoms with E-state index in [2.05, 4.69) is 16.4 Å². The highest BCUT2D eigenvalue weighted by atomic mass is 16.5. The fourth-order valence-electron chi connectivity index (χ4n) is 2.55. The van der Waals surface area contributed by atoms with E-state index in [1.165, 1.54) is 0 Å². The van der Waals surface area contributed by atoms with Crippen molar-refractivity contribution in [3.05, 3.63) is 59.8 Å². The SMILES string of the molecule is Cc1cccc(OC(C)C(=O)Nc2ccc3[nH]c(C)cc3c2)c1. The number of fused-ring (bicyclic) bond motifs is 1. The van der Waals surface area contributed by atoms with Gasteiger partial charge in [0.05, 0.1) is 0 Å². The second-order valence-corrected chi connectivity index (χ2v) is 5.82. The zero-order chi connectivity index (χ0) is 16.4. The van der Waals surface area contributed by atoms with Crippen molar-refractivity contribution in [1.29, 1.82) is 0 Å². The number of benzene rings is 2. The summed E-state index contributed by atoms with van der Waals surface area (Å²) < 4.78 is 5.70. The Morgan fingerprint density at radius 1 is 1.13 bits per heavy atom. The van der Waals surface area contributed by atoms with Gasteiger partial charge in [0.25, 0.3) is 5.91 Å². The van der Waals surface area contributed by atoms with Gasteiger partial charge in [-0.2, -0.15) is 0 Å². The minimum Gasteiger partial charge on any atom is -0.481 e. The van der Waals surface area contributed by atoms with Crippen LogP contribution < -0.4 is 10.1 Å². The molecular weight excluding hydrogens is 288 g/mol. The van der Waals surface area contributed by atoms with Crippen molar-refractivity contribution in [2.24, 2.45) is 0 Å². The van der Waals surface area contributed by atoms with E-state index in [1.54, 1.807) is 6.92 Å². The van der Waals surface area contributed by atoms with Gasteiger partial charge in [0.15, 0.2) is 6.10 Å². The van der Waals surface area contributed by atoms with Crippen molar-refractivity contribution in [3.8, 4) is 5.75 Å². The fraction of sp³-hybridized carbons (Fsp3) is 0.211. The largest absolute Gasteiger partial charge is 0.481 e. The number of aryl methyl sites for hydroxylation is 2. The Kier molecular flexibility index (Phi) is 4.06. The van der Waals surface area contributed by atoms with E-state index in [9.17, 15) is 4.79 Å². The van der Waals surface area contributed by atoms with Crippen LogP contribution >= 0.6 is 0 Å². The highest BCUT2D eigenvalue weighted by Gasteiger charge is 2.15. The Balaban J connectivity index is 1.69. The van der Waals surface area contributed by atoms with Crippen molar-refractivity contribution >= 4 is 22.5 Å². The number of aromatic amines is 1. The van der Waals surface area contributed by atoms with Gasteiger partial charge < -0.3 is 15.0 Å². The Hall–Kier alpha value is -2.75. The number of carbonyl (C=O) groups is 1. The normalized spacial score (nSPS) is 12.1. The first-order chi connectivity index (χ1) is 11.0. The number of amides is 1. The van der Waals surface area contributed by atoms with Crippen LogP contribution in [0.2, 0.25) is 0 Å². The van der Waals surface area contributed by atoms with E-state index >= 15 is 0 Å². The number of hydrogen-bond acceptors (Lipinski definition) is 2. The first-order valence-electron chi connectivity index (χ1n) is 7.65. The Bertz CT molecular complexity index is 851. The molecule has 23 heavy (non-hydrogen) atoms. The maximum Gasteiger partial charge on any atom is 0.265 e. The predicted molar refractivity (Wildman–Crippen MR) is 92.9 cm³/mol. The summed E-state index contributed by atoms with van der Waals surface area (Å²) >= 11 is 0. The second-order valence-electron chi connectivity index (χ2n) is 5.82. The molecule has 0 aliphatic heterocycles. The van der Waals surface area contributed by atoms with Crippen LogP contribution in [0.1, 0.15) is 18.2 Å². The molecule has 4 nitrogen and oxygen atoms in total. The number of ether oxygens (including phenoxy) is 1. The zero-order valence-electron chi connectivity index (χ0n) is 13.5. The smallest absolute Gasteiger partial charge is 0.265 e. The van der Waals surface area contributed by atoms with Crippen LogP contribution in [0.4, 0.5) is 5.69 Å². The van der Waals surface area contributed by atoms with E-state index in [4.69, 9.17) is 4.74 Å². The van der Waals surface area contributed by atoms with Gasteiger partial charge in [-0.1, -0.05) is 12.1 Å². The summed E-state index contributed by atoms with van der Waals surface area (Å²) in [4.78, 5) is 15.6. The zero-order valence-corrected chi connectivity index (χ0v) is 13.5. The second kappa shape index (κ2) is 6.16. The predicted octanol–water partition coefficient (Wildman–Crippen LogP) is 4.19. The molecule has 1 unspecified atom stereocenters. The van der Waals surface area contributed by atoms with Crippen molar-refractivity contribution in [3.63, 3.8) is 0 Å².